The van der Waals surface area contributed by atoms with Gasteiger partial charge in [0.25, 0.3) is 0 Å². The highest BCUT2D eigenvalue weighted by Crippen LogP contribution is 2.64. The SMILES string of the molecule is C=CC[N@@+]1(C)CC[C@@]23c4c5ccc(O)c4CC1C2(O)C=C[C@H](O)C3O5. The first-order valence-corrected chi connectivity index (χ1v) is 8.94. The van der Waals surface area contributed by atoms with Gasteiger partial charge in [-0.2, -0.15) is 0 Å². The number of likely N-dealkylation sites (N-methyl/N-ethyl adjacent to an activating group) is 1. The Hall–Kier alpha value is -1.82. The van der Waals surface area contributed by atoms with E-state index in [0.29, 0.717) is 23.1 Å². The van der Waals surface area contributed by atoms with Crippen molar-refractivity contribution in [1.29, 1.82) is 0 Å². The van der Waals surface area contributed by atoms with Gasteiger partial charge in [0.1, 0.15) is 35.3 Å². The van der Waals surface area contributed by atoms with E-state index < -0.39 is 23.2 Å². The molecule has 0 radical (unpaired) electrons. The van der Waals surface area contributed by atoms with E-state index in [2.05, 4.69) is 13.6 Å². The molecule has 1 saturated heterocycles. The summed E-state index contributed by atoms with van der Waals surface area (Å²) in [7, 11) is 2.15. The van der Waals surface area contributed by atoms with Gasteiger partial charge in [-0.1, -0.05) is 12.7 Å². The van der Waals surface area contributed by atoms with Crippen LogP contribution < -0.4 is 4.74 Å². The molecule has 3 unspecified atom stereocenters. The molecule has 1 spiro atoms. The predicted octanol–water partition coefficient (Wildman–Crippen LogP) is 1.01. The predicted molar refractivity (Wildman–Crippen MR) is 92.5 cm³/mol. The molecule has 2 bridgehead atoms. The number of phenolic OH excluding ortho intramolecular Hbond substituents is 1. The lowest BCUT2D eigenvalue weighted by atomic mass is 9.50. The number of aliphatic hydroxyl groups is 2. The van der Waals surface area contributed by atoms with Gasteiger partial charge in [-0.25, -0.2) is 0 Å². The van der Waals surface area contributed by atoms with E-state index in [0.717, 1.165) is 24.2 Å². The lowest BCUT2D eigenvalue weighted by Crippen LogP contribution is -2.79. The summed E-state index contributed by atoms with van der Waals surface area (Å²) in [6.45, 7) is 5.52. The molecule has 0 saturated carbocycles. The van der Waals surface area contributed by atoms with Gasteiger partial charge >= 0.3 is 0 Å². The molecule has 25 heavy (non-hydrogen) atoms. The summed E-state index contributed by atoms with van der Waals surface area (Å²) in [5, 5.41) is 33.1. The minimum absolute atomic E-state index is 0.124. The number of hydrogen-bond donors (Lipinski definition) is 3. The van der Waals surface area contributed by atoms with Crippen LogP contribution in [-0.4, -0.2) is 63.8 Å². The number of benzene rings is 1. The van der Waals surface area contributed by atoms with E-state index in [9.17, 15) is 15.3 Å². The van der Waals surface area contributed by atoms with Gasteiger partial charge in [0, 0.05) is 24.0 Å². The number of quaternary nitrogens is 1. The van der Waals surface area contributed by atoms with E-state index in [4.69, 9.17) is 4.74 Å². The van der Waals surface area contributed by atoms with Crippen LogP contribution in [0.3, 0.4) is 0 Å². The van der Waals surface area contributed by atoms with Crippen LogP contribution in [0.4, 0.5) is 0 Å². The molecule has 2 aliphatic carbocycles. The maximum absolute atomic E-state index is 12.0. The molecule has 1 aromatic rings. The summed E-state index contributed by atoms with van der Waals surface area (Å²) in [6.07, 6.45) is 5.36. The Balaban J connectivity index is 1.84. The average Bonchev–Trinajstić information content (AvgIpc) is 2.91. The monoisotopic (exact) mass is 342 g/mol. The lowest BCUT2D eigenvalue weighted by molar-refractivity contribution is -0.942. The quantitative estimate of drug-likeness (QED) is 0.554. The molecule has 132 valence electrons. The number of likely N-dealkylation sites (tertiary alicyclic amines) is 1. The zero-order chi connectivity index (χ0) is 17.6. The first kappa shape index (κ1) is 15.4. The summed E-state index contributed by atoms with van der Waals surface area (Å²) < 4.78 is 6.80. The molecule has 5 nitrogen and oxygen atoms in total. The van der Waals surface area contributed by atoms with Gasteiger partial charge < -0.3 is 24.5 Å². The Morgan fingerprint density at radius 2 is 2.24 bits per heavy atom. The third-order valence-corrected chi connectivity index (χ3v) is 7.23. The minimum atomic E-state index is -1.11. The Labute approximate surface area is 147 Å². The van der Waals surface area contributed by atoms with Crippen LogP contribution in [0.15, 0.2) is 36.9 Å². The van der Waals surface area contributed by atoms with Gasteiger partial charge in [-0.15, -0.1) is 0 Å². The van der Waals surface area contributed by atoms with Crippen molar-refractivity contribution in [2.75, 3.05) is 20.1 Å². The Kier molecular flexibility index (Phi) is 2.76. The Bertz CT molecular complexity index is 820. The Morgan fingerprint density at radius 3 is 3.00 bits per heavy atom. The Morgan fingerprint density at radius 1 is 1.44 bits per heavy atom. The number of piperidine rings is 1. The van der Waals surface area contributed by atoms with Crippen molar-refractivity contribution in [2.45, 2.75) is 42.1 Å². The van der Waals surface area contributed by atoms with Gasteiger partial charge in [0.05, 0.1) is 25.6 Å². The van der Waals surface area contributed by atoms with Crippen molar-refractivity contribution in [3.05, 3.63) is 48.1 Å². The highest BCUT2D eigenvalue weighted by molar-refractivity contribution is 5.62. The minimum Gasteiger partial charge on any atom is -0.508 e. The third kappa shape index (κ3) is 1.52. The van der Waals surface area contributed by atoms with Crippen LogP contribution in [0, 0.1) is 0 Å². The van der Waals surface area contributed by atoms with Gasteiger partial charge in [-0.05, 0) is 24.3 Å². The van der Waals surface area contributed by atoms with E-state index in [1.165, 1.54) is 0 Å². The van der Waals surface area contributed by atoms with Crippen LogP contribution in [0.2, 0.25) is 0 Å². The fourth-order valence-electron chi connectivity index (χ4n) is 6.09. The topological polar surface area (TPSA) is 69.9 Å². The highest BCUT2D eigenvalue weighted by atomic mass is 16.5. The molecule has 6 atom stereocenters. The maximum atomic E-state index is 12.0. The van der Waals surface area contributed by atoms with Crippen molar-refractivity contribution in [1.82, 2.24) is 0 Å². The van der Waals surface area contributed by atoms with E-state index >= 15 is 0 Å². The van der Waals surface area contributed by atoms with E-state index in [-0.39, 0.29) is 11.8 Å². The second-order valence-corrected chi connectivity index (χ2v) is 8.27. The van der Waals surface area contributed by atoms with Gasteiger partial charge in [0.2, 0.25) is 0 Å². The largest absolute Gasteiger partial charge is 0.508 e. The molecule has 4 aliphatic rings. The fraction of sp³-hybridized carbons (Fsp3) is 0.500. The molecule has 5 heteroatoms. The van der Waals surface area contributed by atoms with Crippen molar-refractivity contribution >= 4 is 0 Å². The van der Waals surface area contributed by atoms with Crippen molar-refractivity contribution in [3.8, 4) is 11.5 Å². The zero-order valence-corrected chi connectivity index (χ0v) is 14.4. The summed E-state index contributed by atoms with van der Waals surface area (Å²) >= 11 is 0. The second-order valence-electron chi connectivity index (χ2n) is 8.27. The van der Waals surface area contributed by atoms with Crippen LogP contribution in [0.25, 0.3) is 0 Å². The molecule has 0 aromatic heterocycles. The first-order valence-electron chi connectivity index (χ1n) is 8.94. The van der Waals surface area contributed by atoms with Crippen LogP contribution >= 0.6 is 0 Å². The molecule has 2 heterocycles. The molecule has 0 amide bonds. The second kappa shape index (κ2) is 4.47. The summed E-state index contributed by atoms with van der Waals surface area (Å²) in [5.41, 5.74) is -0.0412. The number of nitrogens with zero attached hydrogens (tertiary/aromatic N) is 1. The standard InChI is InChI=1S/C20H23NO4/c1-3-9-21(2)10-8-19-17-12-11-16(21)20(19,24)7-6-14(23)18(19)25-15(17)5-4-13(12)22/h3-7,14,16,18,23-24H,1,8-11H2,2H3/p+1/t14-,16?,18?,19-,20?,21-/m0/s1. The number of rotatable bonds is 2. The third-order valence-electron chi connectivity index (χ3n) is 7.23. The molecule has 5 rings (SSSR count). The summed E-state index contributed by atoms with van der Waals surface area (Å²) in [4.78, 5) is 0. The number of aromatic hydroxyl groups is 1. The normalized spacial score (nSPS) is 45.6. The van der Waals surface area contributed by atoms with Gasteiger partial charge in [-0.3, -0.25) is 0 Å². The van der Waals surface area contributed by atoms with Crippen LogP contribution in [0.5, 0.6) is 11.5 Å². The fourth-order valence-corrected chi connectivity index (χ4v) is 6.09. The summed E-state index contributed by atoms with van der Waals surface area (Å²) in [6, 6.07) is 3.31. The van der Waals surface area contributed by atoms with E-state index in [1.54, 1.807) is 24.3 Å². The molecule has 1 fully saturated rings. The first-order chi connectivity index (χ1) is 11.9. The molecule has 3 N–H and O–H groups in total. The van der Waals surface area contributed by atoms with Crippen molar-refractivity contribution in [2.24, 2.45) is 0 Å². The number of phenols is 1. The van der Waals surface area contributed by atoms with Crippen LogP contribution in [0.1, 0.15) is 17.5 Å². The van der Waals surface area contributed by atoms with Crippen molar-refractivity contribution < 1.29 is 24.5 Å². The van der Waals surface area contributed by atoms with Gasteiger partial charge in [0.15, 0.2) is 0 Å². The summed E-state index contributed by atoms with van der Waals surface area (Å²) in [5.74, 6) is 0.947. The van der Waals surface area contributed by atoms with Crippen molar-refractivity contribution in [3.63, 3.8) is 0 Å². The molecular formula is C20H24NO4+. The molecule has 2 aliphatic heterocycles. The highest BCUT2D eigenvalue weighted by Gasteiger charge is 2.75. The molecular weight excluding hydrogens is 318 g/mol. The average molecular weight is 342 g/mol. The number of ether oxygens (including phenoxy) is 1. The number of aliphatic hydroxyl groups excluding tert-OH is 1. The van der Waals surface area contributed by atoms with Crippen LogP contribution in [-0.2, 0) is 11.8 Å². The smallest absolute Gasteiger partial charge is 0.148 e. The molecule has 1 aromatic carbocycles. The maximum Gasteiger partial charge on any atom is 0.148 e. The number of hydrogen-bond acceptors (Lipinski definition) is 4. The van der Waals surface area contributed by atoms with E-state index in [1.807, 2.05) is 6.08 Å². The lowest BCUT2D eigenvalue weighted by Gasteiger charge is -2.63. The zero-order valence-electron chi connectivity index (χ0n) is 14.4.